The van der Waals surface area contributed by atoms with Crippen LogP contribution in [0.4, 0.5) is 0 Å². The van der Waals surface area contributed by atoms with Crippen LogP contribution in [0, 0.1) is 0 Å². The molecule has 0 radical (unpaired) electrons. The Hall–Kier alpha value is -1.51. The molecule has 0 bridgehead atoms. The first-order chi connectivity index (χ1) is 10.9. The summed E-state index contributed by atoms with van der Waals surface area (Å²) in [4.78, 5) is 20.7. The fourth-order valence-electron chi connectivity index (χ4n) is 3.42. The third-order valence-corrected chi connectivity index (χ3v) is 5.42. The van der Waals surface area contributed by atoms with Crippen LogP contribution in [0.3, 0.4) is 0 Å². The number of sulfonamides is 1. The summed E-state index contributed by atoms with van der Waals surface area (Å²) >= 11 is 0. The molecule has 0 spiro atoms. The number of carbonyl (C=O) groups is 1. The van der Waals surface area contributed by atoms with Gasteiger partial charge in [-0.05, 0) is 50.9 Å². The Kier molecular flexibility index (Phi) is 4.65. The SMILES string of the molecule is NS(=O)(=O)c1cc(C(=O)N2CCCC(N3CCCC3)C2)ccn1. The first kappa shape index (κ1) is 16.4. The number of aromatic nitrogens is 1. The number of pyridine rings is 1. The summed E-state index contributed by atoms with van der Waals surface area (Å²) in [5, 5.41) is 4.82. The minimum Gasteiger partial charge on any atom is -0.337 e. The van der Waals surface area contributed by atoms with Crippen molar-refractivity contribution in [3.63, 3.8) is 0 Å². The van der Waals surface area contributed by atoms with Crippen molar-refractivity contribution < 1.29 is 13.2 Å². The molecule has 1 amide bonds. The van der Waals surface area contributed by atoms with Gasteiger partial charge >= 0.3 is 0 Å². The highest BCUT2D eigenvalue weighted by molar-refractivity contribution is 7.89. The smallest absolute Gasteiger partial charge is 0.255 e. The van der Waals surface area contributed by atoms with Gasteiger partial charge in [0.25, 0.3) is 15.9 Å². The Morgan fingerprint density at radius 2 is 1.96 bits per heavy atom. The summed E-state index contributed by atoms with van der Waals surface area (Å²) in [5.74, 6) is -0.152. The van der Waals surface area contributed by atoms with E-state index >= 15 is 0 Å². The number of hydrogen-bond acceptors (Lipinski definition) is 5. The predicted octanol–water partition coefficient (Wildman–Crippen LogP) is 0.429. The van der Waals surface area contributed by atoms with E-state index < -0.39 is 10.0 Å². The van der Waals surface area contributed by atoms with E-state index in [1.165, 1.54) is 31.2 Å². The van der Waals surface area contributed by atoms with Crippen LogP contribution in [0.2, 0.25) is 0 Å². The van der Waals surface area contributed by atoms with Crippen molar-refractivity contribution >= 4 is 15.9 Å². The maximum Gasteiger partial charge on any atom is 0.255 e. The quantitative estimate of drug-likeness (QED) is 0.862. The molecule has 8 heteroatoms. The van der Waals surface area contributed by atoms with Gasteiger partial charge in [-0.2, -0.15) is 0 Å². The van der Waals surface area contributed by atoms with Crippen molar-refractivity contribution in [2.75, 3.05) is 26.2 Å². The molecule has 7 nitrogen and oxygen atoms in total. The lowest BCUT2D eigenvalue weighted by Gasteiger charge is -2.37. The van der Waals surface area contributed by atoms with E-state index in [0.717, 1.165) is 25.9 Å². The molecular weight excluding hydrogens is 316 g/mol. The number of likely N-dealkylation sites (tertiary alicyclic amines) is 2. The highest BCUT2D eigenvalue weighted by Crippen LogP contribution is 2.22. The fourth-order valence-corrected chi connectivity index (χ4v) is 3.92. The van der Waals surface area contributed by atoms with Crippen LogP contribution in [0.25, 0.3) is 0 Å². The molecule has 0 saturated carbocycles. The normalized spacial score (nSPS) is 23.2. The minimum absolute atomic E-state index is 0.152. The predicted molar refractivity (Wildman–Crippen MR) is 85.3 cm³/mol. The molecule has 1 unspecified atom stereocenters. The number of nitrogens with two attached hydrogens (primary N) is 1. The maximum atomic E-state index is 12.7. The van der Waals surface area contributed by atoms with Gasteiger partial charge in [0.2, 0.25) is 0 Å². The lowest BCUT2D eigenvalue weighted by molar-refractivity contribution is 0.0607. The van der Waals surface area contributed by atoms with Crippen LogP contribution < -0.4 is 5.14 Å². The standard InChI is InChI=1S/C15H22N4O3S/c16-23(21,22)14-10-12(5-6-17-14)15(20)19-9-3-4-13(11-19)18-7-1-2-8-18/h5-6,10,13H,1-4,7-9,11H2,(H2,16,21,22). The van der Waals surface area contributed by atoms with Gasteiger partial charge < -0.3 is 4.90 Å². The van der Waals surface area contributed by atoms with Crippen LogP contribution in [0.1, 0.15) is 36.0 Å². The average molecular weight is 338 g/mol. The van der Waals surface area contributed by atoms with E-state index in [1.54, 1.807) is 0 Å². The topological polar surface area (TPSA) is 96.6 Å². The third kappa shape index (κ3) is 3.70. The second kappa shape index (κ2) is 6.54. The molecule has 126 valence electrons. The maximum absolute atomic E-state index is 12.7. The van der Waals surface area contributed by atoms with Gasteiger partial charge in [0.15, 0.2) is 5.03 Å². The van der Waals surface area contributed by atoms with E-state index in [1.807, 2.05) is 4.90 Å². The third-order valence-electron chi connectivity index (χ3n) is 4.61. The summed E-state index contributed by atoms with van der Waals surface area (Å²) in [6, 6.07) is 3.21. The van der Waals surface area contributed by atoms with Crippen LogP contribution in [0.15, 0.2) is 23.4 Å². The van der Waals surface area contributed by atoms with E-state index in [0.29, 0.717) is 24.7 Å². The highest BCUT2D eigenvalue weighted by atomic mass is 32.2. The molecule has 1 aromatic heterocycles. The molecule has 2 aliphatic rings. The molecule has 3 rings (SSSR count). The van der Waals surface area contributed by atoms with Crippen molar-refractivity contribution in [1.82, 2.24) is 14.8 Å². The molecule has 1 aromatic rings. The molecule has 23 heavy (non-hydrogen) atoms. The largest absolute Gasteiger partial charge is 0.337 e. The summed E-state index contributed by atoms with van der Waals surface area (Å²) in [6.45, 7) is 3.62. The monoisotopic (exact) mass is 338 g/mol. The van der Waals surface area contributed by atoms with Crippen LogP contribution in [-0.2, 0) is 10.0 Å². The number of carbonyl (C=O) groups excluding carboxylic acids is 1. The summed E-state index contributed by atoms with van der Waals surface area (Å²) in [6.07, 6.45) is 5.86. The number of nitrogens with zero attached hydrogens (tertiary/aromatic N) is 3. The van der Waals surface area contributed by atoms with Crippen molar-refractivity contribution in [2.24, 2.45) is 5.14 Å². The van der Waals surface area contributed by atoms with Crippen LogP contribution >= 0.6 is 0 Å². The molecule has 2 N–H and O–H groups in total. The average Bonchev–Trinajstić information content (AvgIpc) is 3.08. The van der Waals surface area contributed by atoms with Crippen molar-refractivity contribution in [2.45, 2.75) is 36.8 Å². The van der Waals surface area contributed by atoms with E-state index in [9.17, 15) is 13.2 Å². The number of hydrogen-bond donors (Lipinski definition) is 1. The lowest BCUT2D eigenvalue weighted by atomic mass is 10.0. The van der Waals surface area contributed by atoms with Gasteiger partial charge in [0.1, 0.15) is 0 Å². The van der Waals surface area contributed by atoms with Gasteiger partial charge in [-0.3, -0.25) is 9.69 Å². The van der Waals surface area contributed by atoms with E-state index in [-0.39, 0.29) is 10.9 Å². The molecule has 0 aliphatic carbocycles. The summed E-state index contributed by atoms with van der Waals surface area (Å²) in [7, 11) is -3.90. The van der Waals surface area contributed by atoms with Gasteiger partial charge in [-0.15, -0.1) is 0 Å². The second-order valence-electron chi connectivity index (χ2n) is 6.22. The minimum atomic E-state index is -3.90. The summed E-state index contributed by atoms with van der Waals surface area (Å²) < 4.78 is 22.8. The molecule has 2 aliphatic heterocycles. The number of rotatable bonds is 3. The van der Waals surface area contributed by atoms with Gasteiger partial charge in [-0.1, -0.05) is 0 Å². The van der Waals surface area contributed by atoms with E-state index in [2.05, 4.69) is 9.88 Å². The Morgan fingerprint density at radius 1 is 1.22 bits per heavy atom. The zero-order chi connectivity index (χ0) is 16.4. The molecule has 2 saturated heterocycles. The van der Waals surface area contributed by atoms with Crippen molar-refractivity contribution in [3.05, 3.63) is 23.9 Å². The molecule has 2 fully saturated rings. The van der Waals surface area contributed by atoms with Gasteiger partial charge in [0, 0.05) is 30.9 Å². The molecular formula is C15H22N4O3S. The van der Waals surface area contributed by atoms with Crippen LogP contribution in [0.5, 0.6) is 0 Å². The fraction of sp³-hybridized carbons (Fsp3) is 0.600. The Morgan fingerprint density at radius 3 is 2.65 bits per heavy atom. The molecule has 3 heterocycles. The second-order valence-corrected chi connectivity index (χ2v) is 7.73. The zero-order valence-corrected chi connectivity index (χ0v) is 13.8. The number of primary sulfonamides is 1. The lowest BCUT2D eigenvalue weighted by Crippen LogP contribution is -2.49. The highest BCUT2D eigenvalue weighted by Gasteiger charge is 2.30. The first-order valence-corrected chi connectivity index (χ1v) is 9.52. The Bertz CT molecular complexity index is 686. The van der Waals surface area contributed by atoms with Crippen LogP contribution in [-0.4, -0.2) is 61.3 Å². The van der Waals surface area contributed by atoms with Gasteiger partial charge in [-0.25, -0.2) is 18.5 Å². The number of piperidine rings is 1. The van der Waals surface area contributed by atoms with Crippen molar-refractivity contribution in [1.29, 1.82) is 0 Å². The first-order valence-electron chi connectivity index (χ1n) is 7.97. The number of amides is 1. The molecule has 0 aromatic carbocycles. The van der Waals surface area contributed by atoms with E-state index in [4.69, 9.17) is 5.14 Å². The van der Waals surface area contributed by atoms with Gasteiger partial charge in [0.05, 0.1) is 0 Å². The Labute approximate surface area is 136 Å². The Balaban J connectivity index is 1.74. The summed E-state index contributed by atoms with van der Waals surface area (Å²) in [5.41, 5.74) is 0.325. The molecule has 1 atom stereocenters. The zero-order valence-electron chi connectivity index (χ0n) is 13.0. The van der Waals surface area contributed by atoms with Crippen molar-refractivity contribution in [3.8, 4) is 0 Å².